The van der Waals surface area contributed by atoms with Crippen LogP contribution in [0.3, 0.4) is 0 Å². The Hall–Kier alpha value is -3.35. The number of β-amino-alcohol motifs (C(OH)–C–C–N with tert-alkyl or cyclic N) is 1. The molecule has 2 aliphatic rings. The molecule has 0 saturated carbocycles. The molecule has 2 aliphatic heterocycles. The molecule has 10 nitrogen and oxygen atoms in total. The Balaban J connectivity index is 1.30. The number of primary amides is 1. The van der Waals surface area contributed by atoms with Gasteiger partial charge >= 0.3 is 0 Å². The van der Waals surface area contributed by atoms with Crippen molar-refractivity contribution in [2.24, 2.45) is 5.73 Å². The summed E-state index contributed by atoms with van der Waals surface area (Å²) < 4.78 is 19.8. The zero-order valence-electron chi connectivity index (χ0n) is 19.6. The number of likely N-dealkylation sites (tertiary alicyclic amines) is 1. The highest BCUT2D eigenvalue weighted by Gasteiger charge is 2.41. The molecule has 5 heterocycles. The Bertz CT molecular complexity index is 1360. The van der Waals surface area contributed by atoms with Crippen molar-refractivity contribution in [1.29, 1.82) is 0 Å². The average Bonchev–Trinajstić information content (AvgIpc) is 3.25. The molecule has 0 radical (unpaired) electrons. The molecule has 0 bridgehead atoms. The Kier molecular flexibility index (Phi) is 6.49. The van der Waals surface area contributed by atoms with Gasteiger partial charge in [0.1, 0.15) is 17.3 Å². The molecule has 1 fully saturated rings. The number of methoxy groups -OCH3 is 1. The van der Waals surface area contributed by atoms with Gasteiger partial charge in [0.05, 0.1) is 47.1 Å². The lowest BCUT2D eigenvalue weighted by molar-refractivity contribution is -0.117. The minimum atomic E-state index is -1.18. The van der Waals surface area contributed by atoms with Gasteiger partial charge in [0.25, 0.3) is 5.91 Å². The number of nitrogens with two attached hydrogens (primary N) is 1. The van der Waals surface area contributed by atoms with Gasteiger partial charge in [-0.1, -0.05) is 0 Å². The molecule has 3 aromatic heterocycles. The number of aliphatic hydroxyl groups is 1. The molecule has 188 valence electrons. The Morgan fingerprint density at radius 1 is 1.31 bits per heavy atom. The number of ether oxygens (including phenoxy) is 1. The number of thioether (sulfide) groups is 1. The smallest absolute Gasteiger partial charge is 0.267 e. The molecule has 1 saturated heterocycles. The molecule has 1 unspecified atom stereocenters. The first kappa shape index (κ1) is 24.3. The molecule has 12 heteroatoms. The normalized spacial score (nSPS) is 20.1. The van der Waals surface area contributed by atoms with Crippen LogP contribution in [0.4, 0.5) is 10.2 Å². The maximum atomic E-state index is 14.7. The minimum Gasteiger partial charge on any atom is -0.481 e. The molecule has 3 N–H and O–H groups in total. The fourth-order valence-corrected chi connectivity index (χ4v) is 5.52. The summed E-state index contributed by atoms with van der Waals surface area (Å²) in [7, 11) is 1.50. The third-order valence-corrected chi connectivity index (χ3v) is 7.51. The number of hydrogen-bond acceptors (Lipinski definition) is 9. The van der Waals surface area contributed by atoms with Gasteiger partial charge in [0.15, 0.2) is 0 Å². The zero-order valence-corrected chi connectivity index (χ0v) is 20.4. The lowest BCUT2D eigenvalue weighted by Gasteiger charge is -2.34. The SMILES string of the molecule is COc1ccc2ncc(F)c(CCN3CCC(O)(CN4C(=O)CSc5ccc(C(N)=O)nc54)C3)c2n1. The summed E-state index contributed by atoms with van der Waals surface area (Å²) in [4.78, 5) is 41.3. The number of amides is 2. The van der Waals surface area contributed by atoms with E-state index in [0.717, 1.165) is 4.90 Å². The first-order valence-electron chi connectivity index (χ1n) is 11.4. The van der Waals surface area contributed by atoms with E-state index in [-0.39, 0.29) is 23.9 Å². The van der Waals surface area contributed by atoms with Gasteiger partial charge in [0.2, 0.25) is 11.8 Å². The van der Waals surface area contributed by atoms with E-state index >= 15 is 0 Å². The summed E-state index contributed by atoms with van der Waals surface area (Å²) in [6.45, 7) is 1.41. The van der Waals surface area contributed by atoms with Crippen LogP contribution in [0.2, 0.25) is 0 Å². The molecule has 1 atom stereocenters. The quantitative estimate of drug-likeness (QED) is 0.481. The average molecular weight is 513 g/mol. The van der Waals surface area contributed by atoms with Crippen LogP contribution in [-0.2, 0) is 11.2 Å². The van der Waals surface area contributed by atoms with Crippen molar-refractivity contribution in [3.63, 3.8) is 0 Å². The summed E-state index contributed by atoms with van der Waals surface area (Å²) in [5.41, 5.74) is 5.72. The van der Waals surface area contributed by atoms with Crippen LogP contribution in [0, 0.1) is 5.82 Å². The Morgan fingerprint density at radius 3 is 2.92 bits per heavy atom. The molecule has 0 aromatic carbocycles. The molecule has 2 amide bonds. The van der Waals surface area contributed by atoms with Crippen LogP contribution in [0.15, 0.2) is 35.4 Å². The van der Waals surface area contributed by atoms with Crippen LogP contribution in [0.25, 0.3) is 11.0 Å². The summed E-state index contributed by atoms with van der Waals surface area (Å²) >= 11 is 1.34. The minimum absolute atomic E-state index is 0.0381. The number of pyridine rings is 3. The third-order valence-electron chi connectivity index (χ3n) is 6.49. The summed E-state index contributed by atoms with van der Waals surface area (Å²) in [5, 5.41) is 11.4. The summed E-state index contributed by atoms with van der Waals surface area (Å²) in [6, 6.07) is 6.66. The highest BCUT2D eigenvalue weighted by atomic mass is 32.2. The van der Waals surface area contributed by atoms with Crippen molar-refractivity contribution >= 4 is 40.4 Å². The van der Waals surface area contributed by atoms with Crippen LogP contribution >= 0.6 is 11.8 Å². The second kappa shape index (κ2) is 9.60. The summed E-state index contributed by atoms with van der Waals surface area (Å²) in [6.07, 6.45) is 1.99. The molecule has 3 aromatic rings. The molecule has 36 heavy (non-hydrogen) atoms. The van der Waals surface area contributed by atoms with Crippen molar-refractivity contribution in [2.75, 3.05) is 43.9 Å². The van der Waals surface area contributed by atoms with Gasteiger partial charge in [0, 0.05) is 31.3 Å². The highest BCUT2D eigenvalue weighted by Crippen LogP contribution is 2.36. The third kappa shape index (κ3) is 4.71. The summed E-state index contributed by atoms with van der Waals surface area (Å²) in [5.74, 6) is -0.389. The number of carbonyl (C=O) groups is 2. The molecular weight excluding hydrogens is 487 g/mol. The van der Waals surface area contributed by atoms with Crippen molar-refractivity contribution in [3.05, 3.63) is 47.5 Å². The number of rotatable bonds is 7. The van der Waals surface area contributed by atoms with E-state index in [1.54, 1.807) is 18.2 Å². The number of nitrogens with zero attached hydrogens (tertiary/aromatic N) is 5. The number of halogens is 1. The van der Waals surface area contributed by atoms with E-state index in [1.807, 2.05) is 4.90 Å². The lowest BCUT2D eigenvalue weighted by atomic mass is 10.0. The van der Waals surface area contributed by atoms with E-state index in [0.29, 0.717) is 60.8 Å². The Morgan fingerprint density at radius 2 is 2.14 bits per heavy atom. The van der Waals surface area contributed by atoms with Crippen LogP contribution < -0.4 is 15.4 Å². The first-order chi connectivity index (χ1) is 17.3. The van der Waals surface area contributed by atoms with Gasteiger partial charge in [-0.05, 0) is 31.0 Å². The van der Waals surface area contributed by atoms with Crippen molar-refractivity contribution < 1.29 is 23.8 Å². The van der Waals surface area contributed by atoms with Crippen molar-refractivity contribution in [2.45, 2.75) is 23.3 Å². The Labute approximate surface area is 210 Å². The standard InChI is InChI=1S/C24H25FN6O4S/c1-35-19-5-3-16-21(29-19)14(15(25)10-27-16)6-8-30-9-7-24(34,12-30)13-31-20(32)11-36-18-4-2-17(22(26)33)28-23(18)31/h2-5,10,34H,6-9,11-13H2,1H3,(H2,26,33). The number of anilines is 1. The lowest BCUT2D eigenvalue weighted by Crippen LogP contribution is -2.49. The van der Waals surface area contributed by atoms with E-state index in [9.17, 15) is 19.1 Å². The van der Waals surface area contributed by atoms with E-state index in [2.05, 4.69) is 15.0 Å². The number of aromatic nitrogens is 3. The van der Waals surface area contributed by atoms with Gasteiger partial charge in [-0.3, -0.25) is 24.4 Å². The number of fused-ring (bicyclic) bond motifs is 2. The van der Waals surface area contributed by atoms with E-state index in [1.165, 1.54) is 36.0 Å². The van der Waals surface area contributed by atoms with Crippen LogP contribution in [0.5, 0.6) is 5.88 Å². The van der Waals surface area contributed by atoms with Crippen molar-refractivity contribution in [1.82, 2.24) is 19.9 Å². The van der Waals surface area contributed by atoms with Crippen molar-refractivity contribution in [3.8, 4) is 5.88 Å². The predicted molar refractivity (Wildman–Crippen MR) is 132 cm³/mol. The van der Waals surface area contributed by atoms with Crippen LogP contribution in [-0.4, -0.2) is 81.4 Å². The monoisotopic (exact) mass is 512 g/mol. The molecule has 0 spiro atoms. The van der Waals surface area contributed by atoms with Gasteiger partial charge in [-0.2, -0.15) is 0 Å². The number of hydrogen-bond donors (Lipinski definition) is 2. The fourth-order valence-electron chi connectivity index (χ4n) is 4.63. The largest absolute Gasteiger partial charge is 0.481 e. The highest BCUT2D eigenvalue weighted by molar-refractivity contribution is 8.00. The zero-order chi connectivity index (χ0) is 25.4. The maximum absolute atomic E-state index is 14.7. The molecule has 5 rings (SSSR count). The van der Waals surface area contributed by atoms with E-state index < -0.39 is 17.3 Å². The number of carbonyl (C=O) groups excluding carboxylic acids is 2. The van der Waals surface area contributed by atoms with Gasteiger partial charge in [-0.15, -0.1) is 11.8 Å². The fraction of sp³-hybridized carbons (Fsp3) is 0.375. The first-order valence-corrected chi connectivity index (χ1v) is 12.4. The van der Waals surface area contributed by atoms with Gasteiger partial charge < -0.3 is 15.6 Å². The predicted octanol–water partition coefficient (Wildman–Crippen LogP) is 1.39. The second-order valence-corrected chi connectivity index (χ2v) is 9.97. The van der Waals surface area contributed by atoms with Crippen LogP contribution in [0.1, 0.15) is 22.5 Å². The van der Waals surface area contributed by atoms with E-state index in [4.69, 9.17) is 10.5 Å². The molecular formula is C24H25FN6O4S. The maximum Gasteiger partial charge on any atom is 0.267 e. The topological polar surface area (TPSA) is 135 Å². The molecule has 0 aliphatic carbocycles. The second-order valence-electron chi connectivity index (χ2n) is 8.96. The van der Waals surface area contributed by atoms with Gasteiger partial charge in [-0.25, -0.2) is 14.4 Å².